The molecule has 1 aromatic carbocycles. The summed E-state index contributed by atoms with van der Waals surface area (Å²) in [5.74, 6) is -0.217. The summed E-state index contributed by atoms with van der Waals surface area (Å²) in [5, 5.41) is 6.88. The molecule has 0 unspecified atom stereocenters. The van der Waals surface area contributed by atoms with E-state index >= 15 is 0 Å². The average molecular weight is 422 g/mol. The number of carbonyl (C=O) groups excluding carboxylic acids is 2. The van der Waals surface area contributed by atoms with E-state index < -0.39 is 6.61 Å². The minimum atomic E-state index is -3.01. The van der Waals surface area contributed by atoms with Gasteiger partial charge in [0.15, 0.2) is 11.5 Å². The highest BCUT2D eigenvalue weighted by atomic mass is 19.3. The van der Waals surface area contributed by atoms with Gasteiger partial charge in [-0.2, -0.15) is 13.9 Å². The highest BCUT2D eigenvalue weighted by Gasteiger charge is 2.25. The van der Waals surface area contributed by atoms with Crippen molar-refractivity contribution in [2.45, 2.75) is 19.5 Å². The van der Waals surface area contributed by atoms with Crippen LogP contribution < -0.4 is 14.8 Å². The first kappa shape index (κ1) is 21.5. The first-order chi connectivity index (χ1) is 14.4. The van der Waals surface area contributed by atoms with Crippen molar-refractivity contribution in [3.05, 3.63) is 41.7 Å². The van der Waals surface area contributed by atoms with Crippen molar-refractivity contribution in [2.75, 3.05) is 26.7 Å². The molecule has 3 rings (SSSR count). The zero-order chi connectivity index (χ0) is 21.7. The number of likely N-dealkylation sites (tertiary alicyclic amines) is 1. The summed E-state index contributed by atoms with van der Waals surface area (Å²) in [6, 6.07) is 4.24. The SMILES string of the molecule is COc1ccc(C(=O)N2CCC(CNC(=O)c3cnn(C)c3)CC2)cc1OC(F)F. The minimum Gasteiger partial charge on any atom is -0.493 e. The Morgan fingerprint density at radius 2 is 1.97 bits per heavy atom. The number of nitrogens with one attached hydrogen (secondary N) is 1. The fourth-order valence-electron chi connectivity index (χ4n) is 3.40. The van der Waals surface area contributed by atoms with E-state index in [1.165, 1.54) is 31.5 Å². The number of amides is 2. The standard InChI is InChI=1S/C20H24F2N4O4/c1-25-12-15(11-24-25)18(27)23-10-13-5-7-26(8-6-13)19(28)14-3-4-16(29-2)17(9-14)30-20(21)22/h3-4,9,11-13,20H,5-8,10H2,1-2H3,(H,23,27). The van der Waals surface area contributed by atoms with Crippen molar-refractivity contribution in [3.8, 4) is 11.5 Å². The first-order valence-corrected chi connectivity index (χ1v) is 9.56. The van der Waals surface area contributed by atoms with Gasteiger partial charge in [0.05, 0.1) is 18.9 Å². The van der Waals surface area contributed by atoms with E-state index in [1.54, 1.807) is 22.8 Å². The number of halogens is 2. The van der Waals surface area contributed by atoms with Crippen LogP contribution in [0.2, 0.25) is 0 Å². The lowest BCUT2D eigenvalue weighted by atomic mass is 9.96. The summed E-state index contributed by atoms with van der Waals surface area (Å²) in [6.07, 6.45) is 4.63. The third-order valence-corrected chi connectivity index (χ3v) is 5.05. The van der Waals surface area contributed by atoms with Gasteiger partial charge in [0.25, 0.3) is 11.8 Å². The fraction of sp³-hybridized carbons (Fsp3) is 0.450. The third-order valence-electron chi connectivity index (χ3n) is 5.05. The van der Waals surface area contributed by atoms with E-state index in [4.69, 9.17) is 4.74 Å². The summed E-state index contributed by atoms with van der Waals surface area (Å²) in [7, 11) is 3.09. The van der Waals surface area contributed by atoms with Crippen molar-refractivity contribution in [2.24, 2.45) is 13.0 Å². The number of piperidine rings is 1. The first-order valence-electron chi connectivity index (χ1n) is 9.56. The number of ether oxygens (including phenoxy) is 2. The smallest absolute Gasteiger partial charge is 0.387 e. The van der Waals surface area contributed by atoms with Gasteiger partial charge in [0.2, 0.25) is 0 Å². The summed E-state index contributed by atoms with van der Waals surface area (Å²) in [5.41, 5.74) is 0.765. The summed E-state index contributed by atoms with van der Waals surface area (Å²) < 4.78 is 36.2. The number of aryl methyl sites for hydroxylation is 1. The van der Waals surface area contributed by atoms with Gasteiger partial charge in [-0.1, -0.05) is 0 Å². The van der Waals surface area contributed by atoms with E-state index in [9.17, 15) is 18.4 Å². The van der Waals surface area contributed by atoms with Crippen molar-refractivity contribution in [1.82, 2.24) is 20.0 Å². The second-order valence-corrected chi connectivity index (χ2v) is 7.09. The zero-order valence-electron chi connectivity index (χ0n) is 16.8. The molecule has 0 aliphatic carbocycles. The Morgan fingerprint density at radius 3 is 2.57 bits per heavy atom. The molecule has 0 radical (unpaired) electrons. The predicted molar refractivity (Wildman–Crippen MR) is 104 cm³/mol. The molecule has 0 saturated carbocycles. The molecule has 8 nitrogen and oxygen atoms in total. The van der Waals surface area contributed by atoms with Gasteiger partial charge in [0.1, 0.15) is 0 Å². The van der Waals surface area contributed by atoms with Crippen LogP contribution in [0.4, 0.5) is 8.78 Å². The van der Waals surface area contributed by atoms with Crippen LogP contribution in [-0.2, 0) is 7.05 Å². The van der Waals surface area contributed by atoms with E-state index in [-0.39, 0.29) is 34.8 Å². The molecule has 1 aromatic heterocycles. The van der Waals surface area contributed by atoms with Crippen LogP contribution in [0, 0.1) is 5.92 Å². The number of hydrogen-bond donors (Lipinski definition) is 1. The molecule has 2 amide bonds. The molecule has 2 heterocycles. The second-order valence-electron chi connectivity index (χ2n) is 7.09. The predicted octanol–water partition coefficient (Wildman–Crippen LogP) is 2.31. The van der Waals surface area contributed by atoms with Gasteiger partial charge >= 0.3 is 6.61 Å². The van der Waals surface area contributed by atoms with Gasteiger partial charge in [-0.25, -0.2) is 0 Å². The molecule has 162 valence electrons. The Labute approximate surface area is 172 Å². The lowest BCUT2D eigenvalue weighted by Gasteiger charge is -2.32. The Hall–Kier alpha value is -3.17. The van der Waals surface area contributed by atoms with Crippen LogP contribution in [0.25, 0.3) is 0 Å². The molecule has 1 N–H and O–H groups in total. The maximum Gasteiger partial charge on any atom is 0.387 e. The van der Waals surface area contributed by atoms with Crippen molar-refractivity contribution < 1.29 is 27.8 Å². The van der Waals surface area contributed by atoms with Crippen LogP contribution in [0.15, 0.2) is 30.6 Å². The van der Waals surface area contributed by atoms with Crippen LogP contribution in [0.5, 0.6) is 11.5 Å². The Kier molecular flexibility index (Phi) is 6.86. The third kappa shape index (κ3) is 5.25. The Morgan fingerprint density at radius 1 is 1.23 bits per heavy atom. The number of carbonyl (C=O) groups is 2. The number of nitrogens with zero attached hydrogens (tertiary/aromatic N) is 3. The maximum absolute atomic E-state index is 12.8. The van der Waals surface area contributed by atoms with E-state index in [2.05, 4.69) is 15.2 Å². The number of rotatable bonds is 7. The number of methoxy groups -OCH3 is 1. The van der Waals surface area contributed by atoms with Crippen molar-refractivity contribution >= 4 is 11.8 Å². The van der Waals surface area contributed by atoms with E-state index in [0.717, 1.165) is 12.8 Å². The molecular formula is C20H24F2N4O4. The molecule has 2 aromatic rings. The zero-order valence-corrected chi connectivity index (χ0v) is 16.8. The van der Waals surface area contributed by atoms with E-state index in [1.807, 2.05) is 0 Å². The second kappa shape index (κ2) is 9.55. The molecule has 10 heteroatoms. The number of aromatic nitrogens is 2. The lowest BCUT2D eigenvalue weighted by molar-refractivity contribution is -0.0512. The topological polar surface area (TPSA) is 85.7 Å². The molecule has 30 heavy (non-hydrogen) atoms. The van der Waals surface area contributed by atoms with Gasteiger partial charge in [-0.3, -0.25) is 14.3 Å². The van der Waals surface area contributed by atoms with Gasteiger partial charge in [0, 0.05) is 38.4 Å². The van der Waals surface area contributed by atoms with Crippen molar-refractivity contribution in [3.63, 3.8) is 0 Å². The molecule has 0 bridgehead atoms. The van der Waals surface area contributed by atoms with Crippen LogP contribution in [0.1, 0.15) is 33.6 Å². The fourth-order valence-corrected chi connectivity index (χ4v) is 3.40. The van der Waals surface area contributed by atoms with Gasteiger partial charge in [-0.15, -0.1) is 0 Å². The monoisotopic (exact) mass is 422 g/mol. The number of benzene rings is 1. The van der Waals surface area contributed by atoms with Crippen molar-refractivity contribution in [1.29, 1.82) is 0 Å². The van der Waals surface area contributed by atoms with Crippen LogP contribution in [0.3, 0.4) is 0 Å². The molecule has 1 saturated heterocycles. The number of alkyl halides is 2. The molecule has 0 spiro atoms. The summed E-state index contributed by atoms with van der Waals surface area (Å²) >= 11 is 0. The highest BCUT2D eigenvalue weighted by molar-refractivity contribution is 5.95. The largest absolute Gasteiger partial charge is 0.493 e. The average Bonchev–Trinajstić information content (AvgIpc) is 3.18. The summed E-state index contributed by atoms with van der Waals surface area (Å²) in [6.45, 7) is -1.46. The molecule has 1 aliphatic rings. The van der Waals surface area contributed by atoms with Crippen LogP contribution in [-0.4, -0.2) is 59.9 Å². The molecule has 0 atom stereocenters. The normalized spacial score (nSPS) is 14.6. The molecular weight excluding hydrogens is 398 g/mol. The summed E-state index contributed by atoms with van der Waals surface area (Å²) in [4.78, 5) is 26.5. The molecule has 1 aliphatic heterocycles. The van der Waals surface area contributed by atoms with Gasteiger partial charge in [-0.05, 0) is 37.0 Å². The quantitative estimate of drug-likeness (QED) is 0.740. The Balaban J connectivity index is 1.53. The van der Waals surface area contributed by atoms with Gasteiger partial charge < -0.3 is 19.7 Å². The van der Waals surface area contributed by atoms with E-state index in [0.29, 0.717) is 25.2 Å². The number of hydrogen-bond acceptors (Lipinski definition) is 5. The molecule has 1 fully saturated rings. The minimum absolute atomic E-state index is 0.134. The Bertz CT molecular complexity index is 895. The maximum atomic E-state index is 12.8. The lowest BCUT2D eigenvalue weighted by Crippen LogP contribution is -2.41. The van der Waals surface area contributed by atoms with Crippen LogP contribution >= 0.6 is 0 Å². The highest BCUT2D eigenvalue weighted by Crippen LogP contribution is 2.30.